The van der Waals surface area contributed by atoms with Crippen LogP contribution in [0, 0.1) is 6.92 Å². The molecule has 1 heterocycles. The van der Waals surface area contributed by atoms with Crippen LogP contribution in [0.4, 0.5) is 10.5 Å². The molecule has 12 heavy (non-hydrogen) atoms. The summed E-state index contributed by atoms with van der Waals surface area (Å²) in [4.78, 5) is 10.8. The van der Waals surface area contributed by atoms with Gasteiger partial charge >= 0.3 is 6.03 Å². The molecular formula is C6H11N5O. The standard InChI is InChI=1S/C6H11N5O/c1-4-5(3-8-11(4)2)9-6(12)10-7/h3H,7H2,1-2H3,(H2,9,10,12). The van der Waals surface area contributed by atoms with Crippen LogP contribution < -0.4 is 16.6 Å². The van der Waals surface area contributed by atoms with Crippen molar-refractivity contribution >= 4 is 11.7 Å². The molecule has 0 spiro atoms. The first-order chi connectivity index (χ1) is 5.65. The summed E-state index contributed by atoms with van der Waals surface area (Å²) < 4.78 is 1.66. The largest absolute Gasteiger partial charge is 0.333 e. The first kappa shape index (κ1) is 8.54. The molecule has 6 nitrogen and oxygen atoms in total. The monoisotopic (exact) mass is 169 g/mol. The predicted molar refractivity (Wildman–Crippen MR) is 44.3 cm³/mol. The van der Waals surface area contributed by atoms with E-state index in [4.69, 9.17) is 5.84 Å². The number of carbonyl (C=O) groups is 1. The smallest absolute Gasteiger partial charge is 0.304 e. The zero-order chi connectivity index (χ0) is 9.14. The van der Waals surface area contributed by atoms with Crippen molar-refractivity contribution in [2.75, 3.05) is 5.32 Å². The first-order valence-electron chi connectivity index (χ1n) is 3.41. The van der Waals surface area contributed by atoms with Gasteiger partial charge in [0, 0.05) is 7.05 Å². The van der Waals surface area contributed by atoms with Crippen LogP contribution in [0.25, 0.3) is 0 Å². The Hall–Kier alpha value is -1.56. The molecule has 0 aliphatic rings. The molecular weight excluding hydrogens is 158 g/mol. The molecule has 1 rings (SSSR count). The highest BCUT2D eigenvalue weighted by Crippen LogP contribution is 2.10. The lowest BCUT2D eigenvalue weighted by atomic mass is 10.4. The summed E-state index contributed by atoms with van der Waals surface area (Å²) in [5, 5.41) is 6.46. The van der Waals surface area contributed by atoms with Gasteiger partial charge in [-0.25, -0.2) is 10.6 Å². The van der Waals surface area contributed by atoms with E-state index in [0.717, 1.165) is 5.69 Å². The van der Waals surface area contributed by atoms with Crippen molar-refractivity contribution in [1.29, 1.82) is 0 Å². The van der Waals surface area contributed by atoms with Gasteiger partial charge in [-0.3, -0.25) is 10.1 Å². The third-order valence-electron chi connectivity index (χ3n) is 1.61. The highest BCUT2D eigenvalue weighted by atomic mass is 16.2. The Morgan fingerprint density at radius 2 is 2.42 bits per heavy atom. The van der Waals surface area contributed by atoms with Crippen LogP contribution in [0.3, 0.4) is 0 Å². The zero-order valence-corrected chi connectivity index (χ0v) is 6.96. The molecule has 2 amide bonds. The number of nitrogens with two attached hydrogens (primary N) is 1. The minimum absolute atomic E-state index is 0.453. The van der Waals surface area contributed by atoms with Gasteiger partial charge in [-0.15, -0.1) is 0 Å². The average molecular weight is 169 g/mol. The van der Waals surface area contributed by atoms with Gasteiger partial charge in [0.2, 0.25) is 0 Å². The Kier molecular flexibility index (Phi) is 2.29. The summed E-state index contributed by atoms with van der Waals surface area (Å²) in [6.45, 7) is 1.85. The first-order valence-corrected chi connectivity index (χ1v) is 3.41. The van der Waals surface area contributed by atoms with Gasteiger partial charge in [0.15, 0.2) is 0 Å². The molecule has 0 aliphatic carbocycles. The molecule has 1 aromatic heterocycles. The van der Waals surface area contributed by atoms with Crippen LogP contribution >= 0.6 is 0 Å². The summed E-state index contributed by atoms with van der Waals surface area (Å²) >= 11 is 0. The third kappa shape index (κ3) is 1.54. The Morgan fingerprint density at radius 3 is 2.83 bits per heavy atom. The Bertz CT molecular complexity index is 292. The second-order valence-electron chi connectivity index (χ2n) is 2.37. The van der Waals surface area contributed by atoms with Crippen LogP contribution in [-0.2, 0) is 7.05 Å². The van der Waals surface area contributed by atoms with Gasteiger partial charge in [-0.1, -0.05) is 0 Å². The molecule has 66 valence electrons. The molecule has 0 fully saturated rings. The van der Waals surface area contributed by atoms with Gasteiger partial charge in [0.05, 0.1) is 17.6 Å². The van der Waals surface area contributed by atoms with E-state index < -0.39 is 6.03 Å². The Morgan fingerprint density at radius 1 is 1.75 bits per heavy atom. The van der Waals surface area contributed by atoms with Gasteiger partial charge in [0.25, 0.3) is 0 Å². The van der Waals surface area contributed by atoms with E-state index in [1.165, 1.54) is 0 Å². The molecule has 0 bridgehead atoms. The molecule has 0 atom stereocenters. The van der Waals surface area contributed by atoms with E-state index in [-0.39, 0.29) is 0 Å². The van der Waals surface area contributed by atoms with Gasteiger partial charge in [-0.05, 0) is 6.92 Å². The summed E-state index contributed by atoms with van der Waals surface area (Å²) in [7, 11) is 1.79. The minimum Gasteiger partial charge on any atom is -0.304 e. The fourth-order valence-electron chi connectivity index (χ4n) is 0.780. The highest BCUT2D eigenvalue weighted by Gasteiger charge is 2.05. The minimum atomic E-state index is -0.453. The number of aryl methyl sites for hydroxylation is 1. The number of hydrogen-bond acceptors (Lipinski definition) is 3. The Balaban J connectivity index is 2.76. The molecule has 0 radical (unpaired) electrons. The second kappa shape index (κ2) is 3.22. The van der Waals surface area contributed by atoms with Crippen molar-refractivity contribution in [2.45, 2.75) is 6.92 Å². The SMILES string of the molecule is Cc1c(NC(=O)NN)cnn1C. The maximum absolute atomic E-state index is 10.8. The van der Waals surface area contributed by atoms with Crippen molar-refractivity contribution < 1.29 is 4.79 Å². The van der Waals surface area contributed by atoms with Crippen LogP contribution in [0.5, 0.6) is 0 Å². The number of hydrazine groups is 1. The molecule has 4 N–H and O–H groups in total. The van der Waals surface area contributed by atoms with Crippen LogP contribution in [0.15, 0.2) is 6.20 Å². The number of amides is 2. The van der Waals surface area contributed by atoms with Gasteiger partial charge in [-0.2, -0.15) is 5.10 Å². The molecule has 0 saturated carbocycles. The number of aromatic nitrogens is 2. The molecule has 6 heteroatoms. The normalized spacial score (nSPS) is 9.58. The number of hydrogen-bond donors (Lipinski definition) is 3. The van der Waals surface area contributed by atoms with E-state index in [2.05, 4.69) is 10.4 Å². The van der Waals surface area contributed by atoms with Crippen LogP contribution in [-0.4, -0.2) is 15.8 Å². The summed E-state index contributed by atoms with van der Waals surface area (Å²) in [5.74, 6) is 4.89. The molecule has 1 aromatic rings. The maximum Gasteiger partial charge on any atom is 0.333 e. The Labute approximate surface area is 69.7 Å². The number of rotatable bonds is 1. The summed E-state index contributed by atoms with van der Waals surface area (Å²) in [5.41, 5.74) is 3.49. The van der Waals surface area contributed by atoms with E-state index in [1.54, 1.807) is 17.9 Å². The molecule has 0 saturated heterocycles. The maximum atomic E-state index is 10.8. The molecule has 0 unspecified atom stereocenters. The number of carbonyl (C=O) groups excluding carboxylic acids is 1. The van der Waals surface area contributed by atoms with Crippen LogP contribution in [0.2, 0.25) is 0 Å². The predicted octanol–water partition coefficient (Wildman–Crippen LogP) is -0.276. The second-order valence-corrected chi connectivity index (χ2v) is 2.37. The number of nitrogens with one attached hydrogen (secondary N) is 2. The summed E-state index contributed by atoms with van der Waals surface area (Å²) in [6.07, 6.45) is 1.56. The van der Waals surface area contributed by atoms with Gasteiger partial charge in [0.1, 0.15) is 0 Å². The van der Waals surface area contributed by atoms with E-state index >= 15 is 0 Å². The lowest BCUT2D eigenvalue weighted by Gasteiger charge is -2.01. The number of anilines is 1. The van der Waals surface area contributed by atoms with E-state index in [1.807, 2.05) is 12.3 Å². The number of nitrogens with zero attached hydrogens (tertiary/aromatic N) is 2. The quantitative estimate of drug-likeness (QED) is 0.307. The lowest BCUT2D eigenvalue weighted by molar-refractivity contribution is 0.252. The topological polar surface area (TPSA) is 85.0 Å². The average Bonchev–Trinajstić information content (AvgIpc) is 2.36. The molecule has 0 aromatic carbocycles. The van der Waals surface area contributed by atoms with Crippen LogP contribution in [0.1, 0.15) is 5.69 Å². The highest BCUT2D eigenvalue weighted by molar-refractivity contribution is 5.89. The fraction of sp³-hybridized carbons (Fsp3) is 0.333. The van der Waals surface area contributed by atoms with E-state index in [9.17, 15) is 4.79 Å². The lowest BCUT2D eigenvalue weighted by Crippen LogP contribution is -2.34. The van der Waals surface area contributed by atoms with E-state index in [0.29, 0.717) is 5.69 Å². The molecule has 0 aliphatic heterocycles. The summed E-state index contributed by atoms with van der Waals surface area (Å²) in [6, 6.07) is -0.453. The van der Waals surface area contributed by atoms with Crippen molar-refractivity contribution in [3.63, 3.8) is 0 Å². The third-order valence-corrected chi connectivity index (χ3v) is 1.61. The van der Waals surface area contributed by atoms with Crippen molar-refractivity contribution in [3.8, 4) is 0 Å². The fourth-order valence-corrected chi connectivity index (χ4v) is 0.780. The number of urea groups is 1. The van der Waals surface area contributed by atoms with Crippen molar-refractivity contribution in [3.05, 3.63) is 11.9 Å². The zero-order valence-electron chi connectivity index (χ0n) is 6.96. The van der Waals surface area contributed by atoms with Crippen molar-refractivity contribution in [1.82, 2.24) is 15.2 Å². The van der Waals surface area contributed by atoms with Gasteiger partial charge < -0.3 is 5.32 Å². The van der Waals surface area contributed by atoms with Crippen molar-refractivity contribution in [2.24, 2.45) is 12.9 Å².